The second-order valence-corrected chi connectivity index (χ2v) is 7.73. The van der Waals surface area contributed by atoms with Gasteiger partial charge < -0.3 is 10.6 Å². The van der Waals surface area contributed by atoms with Crippen molar-refractivity contribution in [3.05, 3.63) is 100 Å². The molecule has 1 heterocycles. The smallest absolute Gasteiger partial charge is 0.381 e. The van der Waals surface area contributed by atoms with Crippen molar-refractivity contribution in [3.8, 4) is 0 Å². The Labute approximate surface area is 201 Å². The molecule has 0 fully saturated rings. The number of carbonyl (C=O) groups is 1. The lowest BCUT2D eigenvalue weighted by molar-refractivity contribution is -0.162. The average molecular weight is 514 g/mol. The highest BCUT2D eigenvalue weighted by Gasteiger charge is 2.42. The summed E-state index contributed by atoms with van der Waals surface area (Å²) in [6.45, 7) is 0.366. The van der Waals surface area contributed by atoms with E-state index in [1.165, 1.54) is 6.08 Å². The molecular weight excluding hydrogens is 496 g/mol. The Bertz CT molecular complexity index is 1210. The minimum absolute atomic E-state index is 0.340. The van der Waals surface area contributed by atoms with Crippen molar-refractivity contribution in [2.45, 2.75) is 24.9 Å². The average Bonchev–Trinajstić information content (AvgIpc) is 2.80. The quantitative estimate of drug-likeness (QED) is 0.207. The van der Waals surface area contributed by atoms with E-state index in [1.54, 1.807) is 47.9 Å². The van der Waals surface area contributed by atoms with Crippen LogP contribution in [-0.2, 0) is 17.5 Å². The van der Waals surface area contributed by atoms with Crippen LogP contribution in [0, 0.1) is 0 Å². The number of carbonyl (C=O) groups excluding carboxylic acids is 1. The molecule has 11 heteroatoms. The number of benzene rings is 2. The third-order valence-corrected chi connectivity index (χ3v) is 5.13. The number of halogens is 7. The number of nitrogens with zero attached hydrogens (tertiary/aromatic N) is 1. The first kappa shape index (κ1) is 26.1. The number of anilines is 1. The molecule has 1 aromatic heterocycles. The summed E-state index contributed by atoms with van der Waals surface area (Å²) in [5, 5.41) is 5.20. The molecule has 0 radical (unpaired) electrons. The van der Waals surface area contributed by atoms with Crippen molar-refractivity contribution < 1.29 is 31.1 Å². The first-order valence-electron chi connectivity index (χ1n) is 10.1. The lowest BCUT2D eigenvalue weighted by Crippen LogP contribution is -2.37. The monoisotopic (exact) mass is 513 g/mol. The number of hydrogen-bond donors (Lipinski definition) is 2. The normalized spacial score (nSPS) is 13.0. The van der Waals surface area contributed by atoms with Crippen LogP contribution in [0.2, 0.25) is 5.15 Å². The zero-order chi connectivity index (χ0) is 25.6. The van der Waals surface area contributed by atoms with E-state index in [-0.39, 0.29) is 0 Å². The zero-order valence-electron chi connectivity index (χ0n) is 17.8. The lowest BCUT2D eigenvalue weighted by atomic mass is 10.0. The van der Waals surface area contributed by atoms with Crippen LogP contribution in [0.25, 0.3) is 6.08 Å². The van der Waals surface area contributed by atoms with Gasteiger partial charge in [0.15, 0.2) is 6.04 Å². The summed E-state index contributed by atoms with van der Waals surface area (Å²) in [6.07, 6.45) is -6.11. The summed E-state index contributed by atoms with van der Waals surface area (Å²) in [4.78, 5) is 16.2. The maximum absolute atomic E-state index is 13.5. The van der Waals surface area contributed by atoms with E-state index in [4.69, 9.17) is 11.6 Å². The van der Waals surface area contributed by atoms with Gasteiger partial charge in [-0.05, 0) is 47.5 Å². The fourth-order valence-electron chi connectivity index (χ4n) is 3.11. The number of pyridine rings is 1. The Balaban J connectivity index is 1.70. The molecule has 3 aromatic rings. The minimum Gasteiger partial charge on any atom is -0.381 e. The van der Waals surface area contributed by atoms with Gasteiger partial charge >= 0.3 is 12.4 Å². The molecule has 0 saturated heterocycles. The number of amides is 1. The first-order valence-corrected chi connectivity index (χ1v) is 10.5. The zero-order valence-corrected chi connectivity index (χ0v) is 18.5. The van der Waals surface area contributed by atoms with Crippen LogP contribution < -0.4 is 10.6 Å². The van der Waals surface area contributed by atoms with Gasteiger partial charge in [0.2, 0.25) is 5.91 Å². The molecule has 1 unspecified atom stereocenters. The van der Waals surface area contributed by atoms with E-state index < -0.39 is 35.4 Å². The second kappa shape index (κ2) is 10.8. The summed E-state index contributed by atoms with van der Waals surface area (Å²) >= 11 is 6.01. The summed E-state index contributed by atoms with van der Waals surface area (Å²) in [6, 6.07) is 10.4. The molecule has 0 spiro atoms. The number of aromatic nitrogens is 1. The molecule has 1 atom stereocenters. The van der Waals surface area contributed by atoms with Crippen LogP contribution in [-0.4, -0.2) is 17.1 Å². The van der Waals surface area contributed by atoms with E-state index in [2.05, 4.69) is 10.3 Å². The van der Waals surface area contributed by atoms with E-state index in [0.717, 1.165) is 23.8 Å². The van der Waals surface area contributed by atoms with Gasteiger partial charge in [-0.25, -0.2) is 4.98 Å². The molecule has 3 rings (SSSR count). The molecule has 0 saturated carbocycles. The summed E-state index contributed by atoms with van der Waals surface area (Å²) < 4.78 is 79.3. The van der Waals surface area contributed by atoms with Gasteiger partial charge in [-0.1, -0.05) is 41.9 Å². The van der Waals surface area contributed by atoms with Crippen LogP contribution >= 0.6 is 11.6 Å². The molecule has 0 aliphatic carbocycles. The lowest BCUT2D eigenvalue weighted by Gasteiger charge is -2.22. The van der Waals surface area contributed by atoms with Crippen LogP contribution in [0.5, 0.6) is 0 Å². The maximum Gasteiger partial charge on any atom is 0.416 e. The van der Waals surface area contributed by atoms with Crippen molar-refractivity contribution >= 4 is 29.3 Å². The number of rotatable bonds is 7. The van der Waals surface area contributed by atoms with Crippen molar-refractivity contribution in [1.29, 1.82) is 0 Å². The fourth-order valence-corrected chi connectivity index (χ4v) is 3.30. The molecule has 35 heavy (non-hydrogen) atoms. The van der Waals surface area contributed by atoms with E-state index in [9.17, 15) is 31.1 Å². The Hall–Kier alpha value is -3.53. The van der Waals surface area contributed by atoms with Gasteiger partial charge in [0.05, 0.1) is 5.56 Å². The molecule has 4 nitrogen and oxygen atoms in total. The highest BCUT2D eigenvalue weighted by molar-refractivity contribution is 6.30. The molecule has 2 aromatic carbocycles. The Morgan fingerprint density at radius 1 is 1.00 bits per heavy atom. The van der Waals surface area contributed by atoms with Crippen LogP contribution in [0.4, 0.5) is 32.0 Å². The van der Waals surface area contributed by atoms with E-state index >= 15 is 0 Å². The van der Waals surface area contributed by atoms with Gasteiger partial charge in [-0.2, -0.15) is 26.3 Å². The second-order valence-electron chi connectivity index (χ2n) is 7.37. The largest absolute Gasteiger partial charge is 0.416 e. The predicted octanol–water partition coefficient (Wildman–Crippen LogP) is 6.80. The molecule has 0 aliphatic heterocycles. The van der Waals surface area contributed by atoms with E-state index in [0.29, 0.717) is 35.1 Å². The Morgan fingerprint density at radius 2 is 1.74 bits per heavy atom. The van der Waals surface area contributed by atoms with Crippen molar-refractivity contribution in [2.24, 2.45) is 0 Å². The standard InChI is InChI=1S/C24H18ClF6N3O/c25-22-17(6-3-11-32-22)14-33-19-8-1-4-15(12-19)9-10-20(35)34-21(24(29,30)31)16-5-2-7-18(13-16)23(26,27)28/h1-13,21,33H,14H2,(H,34,35). The molecule has 0 aliphatic rings. The van der Waals surface area contributed by atoms with Gasteiger partial charge in [0.1, 0.15) is 5.15 Å². The summed E-state index contributed by atoms with van der Waals surface area (Å²) in [5.41, 5.74) is -0.0581. The topological polar surface area (TPSA) is 54.0 Å². The number of nitrogens with one attached hydrogen (secondary N) is 2. The minimum atomic E-state index is -5.01. The number of alkyl halides is 6. The van der Waals surface area contributed by atoms with Crippen molar-refractivity contribution in [2.75, 3.05) is 5.32 Å². The van der Waals surface area contributed by atoms with Crippen LogP contribution in [0.3, 0.4) is 0 Å². The number of hydrogen-bond acceptors (Lipinski definition) is 3. The van der Waals surface area contributed by atoms with E-state index in [1.807, 2.05) is 0 Å². The van der Waals surface area contributed by atoms with Crippen LogP contribution in [0.1, 0.15) is 28.3 Å². The summed E-state index contributed by atoms with van der Waals surface area (Å²) in [5.74, 6) is -1.12. The molecule has 184 valence electrons. The predicted molar refractivity (Wildman–Crippen MR) is 120 cm³/mol. The van der Waals surface area contributed by atoms with Crippen molar-refractivity contribution in [3.63, 3.8) is 0 Å². The van der Waals surface area contributed by atoms with Crippen LogP contribution in [0.15, 0.2) is 72.9 Å². The molecular formula is C24H18ClF6N3O. The molecule has 2 N–H and O–H groups in total. The third kappa shape index (κ3) is 7.48. The van der Waals surface area contributed by atoms with Crippen molar-refractivity contribution in [1.82, 2.24) is 10.3 Å². The third-order valence-electron chi connectivity index (χ3n) is 4.79. The molecule has 0 bridgehead atoms. The molecule has 1 amide bonds. The Morgan fingerprint density at radius 3 is 2.43 bits per heavy atom. The maximum atomic E-state index is 13.5. The van der Waals surface area contributed by atoms with Gasteiger partial charge in [0, 0.05) is 30.1 Å². The van der Waals surface area contributed by atoms with Gasteiger partial charge in [0.25, 0.3) is 0 Å². The fraction of sp³-hybridized carbons (Fsp3) is 0.167. The van der Waals surface area contributed by atoms with Gasteiger partial charge in [-0.15, -0.1) is 0 Å². The highest BCUT2D eigenvalue weighted by Crippen LogP contribution is 2.36. The SMILES string of the molecule is O=C(C=Cc1cccc(NCc2cccnc2Cl)c1)NC(c1cccc(C(F)(F)F)c1)C(F)(F)F. The Kier molecular flexibility index (Phi) is 8.06. The summed E-state index contributed by atoms with van der Waals surface area (Å²) in [7, 11) is 0. The first-order chi connectivity index (χ1) is 16.4. The van der Waals surface area contributed by atoms with Gasteiger partial charge in [-0.3, -0.25) is 4.79 Å². The highest BCUT2D eigenvalue weighted by atomic mass is 35.5.